The minimum atomic E-state index is 0.473. The Hall–Kier alpha value is -3.41. The zero-order chi connectivity index (χ0) is 18.1. The number of benzene rings is 1. The second-order valence-electron chi connectivity index (χ2n) is 5.93. The highest BCUT2D eigenvalue weighted by molar-refractivity contribution is 5.67. The standard InChI is InChI=1S/C20H18N4O2/c1-13-12-16(14(2)24(13)18-10-6-7-11-21-18)20-22-19(23-26-20)15-8-4-5-9-17(15)25-3/h4-12H,1-3H3. The van der Waals surface area contributed by atoms with Crippen LogP contribution in [0.3, 0.4) is 0 Å². The van der Waals surface area contributed by atoms with E-state index in [0.717, 1.165) is 28.3 Å². The molecule has 0 aliphatic carbocycles. The number of aromatic nitrogens is 4. The van der Waals surface area contributed by atoms with Gasteiger partial charge in [0.15, 0.2) is 0 Å². The fourth-order valence-electron chi connectivity index (χ4n) is 3.09. The molecule has 0 radical (unpaired) electrons. The van der Waals surface area contributed by atoms with Crippen molar-refractivity contribution in [2.24, 2.45) is 0 Å². The lowest BCUT2D eigenvalue weighted by molar-refractivity contribution is 0.413. The third-order valence-electron chi connectivity index (χ3n) is 4.31. The van der Waals surface area contributed by atoms with Gasteiger partial charge in [-0.05, 0) is 44.2 Å². The van der Waals surface area contributed by atoms with Gasteiger partial charge in [0.25, 0.3) is 5.89 Å². The van der Waals surface area contributed by atoms with E-state index in [9.17, 15) is 0 Å². The second kappa shape index (κ2) is 6.48. The van der Waals surface area contributed by atoms with Crippen LogP contribution in [0.25, 0.3) is 28.7 Å². The van der Waals surface area contributed by atoms with Gasteiger partial charge in [0.2, 0.25) is 5.82 Å². The fourth-order valence-corrected chi connectivity index (χ4v) is 3.09. The quantitative estimate of drug-likeness (QED) is 0.554. The summed E-state index contributed by atoms with van der Waals surface area (Å²) in [6, 6.07) is 15.5. The van der Waals surface area contributed by atoms with E-state index in [1.54, 1.807) is 13.3 Å². The minimum absolute atomic E-state index is 0.473. The smallest absolute Gasteiger partial charge is 0.260 e. The highest BCUT2D eigenvalue weighted by Crippen LogP contribution is 2.32. The van der Waals surface area contributed by atoms with Crippen molar-refractivity contribution in [2.75, 3.05) is 7.11 Å². The van der Waals surface area contributed by atoms with Gasteiger partial charge in [0.05, 0.1) is 18.2 Å². The summed E-state index contributed by atoms with van der Waals surface area (Å²) < 4.78 is 13.0. The number of rotatable bonds is 4. The van der Waals surface area contributed by atoms with Crippen LogP contribution in [0, 0.1) is 13.8 Å². The Bertz CT molecular complexity index is 1050. The molecule has 0 bridgehead atoms. The number of ether oxygens (including phenoxy) is 1. The van der Waals surface area contributed by atoms with Crippen LogP contribution in [-0.2, 0) is 0 Å². The van der Waals surface area contributed by atoms with Gasteiger partial charge in [-0.15, -0.1) is 0 Å². The molecule has 130 valence electrons. The molecule has 0 atom stereocenters. The molecule has 0 saturated carbocycles. The van der Waals surface area contributed by atoms with Crippen molar-refractivity contribution in [2.45, 2.75) is 13.8 Å². The summed E-state index contributed by atoms with van der Waals surface area (Å²) in [4.78, 5) is 9.01. The van der Waals surface area contributed by atoms with E-state index < -0.39 is 0 Å². The first kappa shape index (κ1) is 16.1. The van der Waals surface area contributed by atoms with Gasteiger partial charge in [0.1, 0.15) is 11.6 Å². The van der Waals surface area contributed by atoms with Gasteiger partial charge in [0, 0.05) is 17.6 Å². The number of hydrogen-bond donors (Lipinski definition) is 0. The maximum atomic E-state index is 5.54. The molecule has 3 aromatic heterocycles. The molecule has 0 aliphatic heterocycles. The predicted octanol–water partition coefficient (Wildman–Crippen LogP) is 4.21. The lowest BCUT2D eigenvalue weighted by atomic mass is 10.2. The van der Waals surface area contributed by atoms with Crippen molar-refractivity contribution in [3.05, 3.63) is 66.1 Å². The Morgan fingerprint density at radius 3 is 2.58 bits per heavy atom. The minimum Gasteiger partial charge on any atom is -0.496 e. The average molecular weight is 346 g/mol. The summed E-state index contributed by atoms with van der Waals surface area (Å²) in [5.74, 6) is 2.54. The number of nitrogens with zero attached hydrogens (tertiary/aromatic N) is 4. The normalized spacial score (nSPS) is 10.9. The van der Waals surface area contributed by atoms with Crippen LogP contribution < -0.4 is 4.74 Å². The summed E-state index contributed by atoms with van der Waals surface area (Å²) in [7, 11) is 1.63. The van der Waals surface area contributed by atoms with Crippen molar-refractivity contribution < 1.29 is 9.26 Å². The van der Waals surface area contributed by atoms with Gasteiger partial charge in [-0.1, -0.05) is 23.4 Å². The van der Waals surface area contributed by atoms with Crippen molar-refractivity contribution in [1.82, 2.24) is 19.7 Å². The van der Waals surface area contributed by atoms with E-state index in [2.05, 4.69) is 19.7 Å². The maximum absolute atomic E-state index is 5.54. The van der Waals surface area contributed by atoms with Crippen molar-refractivity contribution in [1.29, 1.82) is 0 Å². The maximum Gasteiger partial charge on any atom is 0.260 e. The first-order valence-corrected chi connectivity index (χ1v) is 8.27. The Labute approximate surface area is 151 Å². The topological polar surface area (TPSA) is 66.0 Å². The van der Waals surface area contributed by atoms with Gasteiger partial charge < -0.3 is 13.8 Å². The second-order valence-corrected chi connectivity index (χ2v) is 5.93. The number of methoxy groups -OCH3 is 1. The molecule has 0 N–H and O–H groups in total. The Morgan fingerprint density at radius 2 is 1.81 bits per heavy atom. The van der Waals surface area contributed by atoms with E-state index in [1.165, 1.54) is 0 Å². The summed E-state index contributed by atoms with van der Waals surface area (Å²) in [5, 5.41) is 4.13. The Kier molecular flexibility index (Phi) is 4.01. The average Bonchev–Trinajstić information content (AvgIpc) is 3.27. The van der Waals surface area contributed by atoms with Crippen LogP contribution in [0.4, 0.5) is 0 Å². The van der Waals surface area contributed by atoms with Crippen LogP contribution >= 0.6 is 0 Å². The number of para-hydroxylation sites is 1. The Morgan fingerprint density at radius 1 is 1.00 bits per heavy atom. The zero-order valence-electron chi connectivity index (χ0n) is 14.8. The van der Waals surface area contributed by atoms with Gasteiger partial charge in [-0.2, -0.15) is 4.98 Å². The fraction of sp³-hybridized carbons (Fsp3) is 0.150. The third-order valence-corrected chi connectivity index (χ3v) is 4.31. The summed E-state index contributed by atoms with van der Waals surface area (Å²) in [5.41, 5.74) is 3.73. The molecule has 0 spiro atoms. The largest absolute Gasteiger partial charge is 0.496 e. The molecule has 26 heavy (non-hydrogen) atoms. The molecule has 4 aromatic rings. The highest BCUT2D eigenvalue weighted by Gasteiger charge is 2.19. The lowest BCUT2D eigenvalue weighted by Gasteiger charge is -2.07. The van der Waals surface area contributed by atoms with E-state index >= 15 is 0 Å². The van der Waals surface area contributed by atoms with Crippen molar-refractivity contribution in [3.8, 4) is 34.4 Å². The molecular weight excluding hydrogens is 328 g/mol. The monoisotopic (exact) mass is 346 g/mol. The molecule has 6 nitrogen and oxygen atoms in total. The van der Waals surface area contributed by atoms with Crippen LogP contribution in [0.15, 0.2) is 59.3 Å². The molecule has 4 rings (SSSR count). The van der Waals surface area contributed by atoms with Crippen molar-refractivity contribution in [3.63, 3.8) is 0 Å². The van der Waals surface area contributed by atoms with Crippen molar-refractivity contribution >= 4 is 0 Å². The van der Waals surface area contributed by atoms with E-state index in [-0.39, 0.29) is 0 Å². The van der Waals surface area contributed by atoms with Crippen LogP contribution in [0.5, 0.6) is 5.75 Å². The van der Waals surface area contributed by atoms with E-state index in [1.807, 2.05) is 62.4 Å². The SMILES string of the molecule is COc1ccccc1-c1noc(-c2cc(C)n(-c3ccccn3)c2C)n1. The van der Waals surface area contributed by atoms with Gasteiger partial charge >= 0.3 is 0 Å². The molecule has 3 heterocycles. The predicted molar refractivity (Wildman–Crippen MR) is 98.3 cm³/mol. The summed E-state index contributed by atoms with van der Waals surface area (Å²) >= 11 is 0. The molecule has 0 aliphatic rings. The lowest BCUT2D eigenvalue weighted by Crippen LogP contribution is -2.01. The van der Waals surface area contributed by atoms with Gasteiger partial charge in [-0.25, -0.2) is 4.98 Å². The number of pyridine rings is 1. The molecule has 0 fully saturated rings. The summed E-state index contributed by atoms with van der Waals surface area (Å²) in [6.45, 7) is 4.05. The molecule has 1 aromatic carbocycles. The third kappa shape index (κ3) is 2.65. The molecule has 0 unspecified atom stereocenters. The number of hydrogen-bond acceptors (Lipinski definition) is 5. The summed E-state index contributed by atoms with van der Waals surface area (Å²) in [6.07, 6.45) is 1.78. The van der Waals surface area contributed by atoms with E-state index in [4.69, 9.17) is 9.26 Å². The highest BCUT2D eigenvalue weighted by atomic mass is 16.5. The van der Waals surface area contributed by atoms with E-state index in [0.29, 0.717) is 17.5 Å². The molecule has 0 amide bonds. The zero-order valence-corrected chi connectivity index (χ0v) is 14.8. The van der Waals surface area contributed by atoms with Crippen LogP contribution in [-0.4, -0.2) is 26.8 Å². The first-order valence-electron chi connectivity index (χ1n) is 8.27. The molecule has 6 heteroatoms. The van der Waals surface area contributed by atoms with Crippen LogP contribution in [0.2, 0.25) is 0 Å². The van der Waals surface area contributed by atoms with Gasteiger partial charge in [-0.3, -0.25) is 0 Å². The molecule has 0 saturated heterocycles. The molecular formula is C20H18N4O2. The first-order chi connectivity index (χ1) is 12.7. The van der Waals surface area contributed by atoms with Crippen LogP contribution in [0.1, 0.15) is 11.4 Å². The number of aryl methyl sites for hydroxylation is 1. The Balaban J connectivity index is 1.78.